The summed E-state index contributed by atoms with van der Waals surface area (Å²) in [6, 6.07) is 11.1. The van der Waals surface area contributed by atoms with E-state index < -0.39 is 12.0 Å². The predicted molar refractivity (Wildman–Crippen MR) is 110 cm³/mol. The first-order valence-electron chi connectivity index (χ1n) is 10.8. The fourth-order valence-electron chi connectivity index (χ4n) is 6.47. The smallest absolute Gasteiger partial charge is 0.328 e. The monoisotopic (exact) mass is 392 g/mol. The fourth-order valence-corrected chi connectivity index (χ4v) is 6.47. The predicted octanol–water partition coefficient (Wildman–Crippen LogP) is 3.65. The van der Waals surface area contributed by atoms with Gasteiger partial charge in [0.25, 0.3) is 0 Å². The lowest BCUT2D eigenvalue weighted by molar-refractivity contribution is -0.152. The third-order valence-electron chi connectivity index (χ3n) is 7.38. The van der Waals surface area contributed by atoms with Gasteiger partial charge in [0.05, 0.1) is 12.6 Å². The van der Waals surface area contributed by atoms with E-state index in [0.717, 1.165) is 35.9 Å². The fraction of sp³-hybridized carbons (Fsp3) is 0.542. The average Bonchev–Trinajstić information content (AvgIpc) is 2.71. The van der Waals surface area contributed by atoms with Crippen molar-refractivity contribution in [3.63, 3.8) is 0 Å². The van der Waals surface area contributed by atoms with Crippen molar-refractivity contribution >= 4 is 22.8 Å². The minimum absolute atomic E-state index is 0.0489. The zero-order chi connectivity index (χ0) is 20.0. The number of amides is 1. The summed E-state index contributed by atoms with van der Waals surface area (Å²) in [6.45, 7) is 0. The summed E-state index contributed by atoms with van der Waals surface area (Å²) >= 11 is 0. The quantitative estimate of drug-likeness (QED) is 0.789. The Balaban J connectivity index is 1.35. The van der Waals surface area contributed by atoms with Crippen LogP contribution in [0.5, 0.6) is 0 Å². The van der Waals surface area contributed by atoms with Gasteiger partial charge < -0.3 is 10.1 Å². The molecule has 4 fully saturated rings. The van der Waals surface area contributed by atoms with Crippen LogP contribution in [0, 0.1) is 23.2 Å². The maximum absolute atomic E-state index is 13.4. The molecule has 29 heavy (non-hydrogen) atoms. The van der Waals surface area contributed by atoms with Crippen LogP contribution < -0.4 is 5.32 Å². The van der Waals surface area contributed by atoms with Crippen molar-refractivity contribution in [3.8, 4) is 0 Å². The van der Waals surface area contributed by atoms with E-state index in [1.54, 1.807) is 0 Å². The Morgan fingerprint density at radius 3 is 2.38 bits per heavy atom. The Hall–Kier alpha value is -2.43. The number of pyridine rings is 1. The van der Waals surface area contributed by atoms with E-state index in [1.807, 2.05) is 36.4 Å². The van der Waals surface area contributed by atoms with Gasteiger partial charge in [0.1, 0.15) is 6.04 Å². The van der Waals surface area contributed by atoms with Gasteiger partial charge in [0, 0.05) is 22.9 Å². The van der Waals surface area contributed by atoms with Gasteiger partial charge in [-0.1, -0.05) is 24.3 Å². The third-order valence-corrected chi connectivity index (χ3v) is 7.38. The highest BCUT2D eigenvalue weighted by Crippen LogP contribution is 2.60. The number of rotatable bonds is 5. The number of esters is 1. The first-order valence-corrected chi connectivity index (χ1v) is 10.8. The van der Waals surface area contributed by atoms with E-state index in [1.165, 1.54) is 26.4 Å². The molecule has 1 N–H and O–H groups in total. The Morgan fingerprint density at radius 1 is 1.07 bits per heavy atom. The molecule has 4 aliphatic carbocycles. The molecule has 5 nitrogen and oxygen atoms in total. The molecule has 4 saturated carbocycles. The lowest BCUT2D eigenvalue weighted by Crippen LogP contribution is -2.56. The number of methoxy groups -OCH3 is 1. The molecule has 4 bridgehead atoms. The van der Waals surface area contributed by atoms with Crippen LogP contribution in [0.4, 0.5) is 0 Å². The van der Waals surface area contributed by atoms with E-state index in [9.17, 15) is 9.59 Å². The standard InChI is InChI=1S/C24H28N2O3/c1-29-22(27)21(11-19-7-6-18-4-2-3-5-20(18)25-19)26-23(28)24-12-15-8-16(13-24)10-17(9-15)14-24/h2-7,15-17,21H,8-14H2,1H3,(H,26,28)/t15?,16?,17?,21-,24?/m1/s1. The zero-order valence-corrected chi connectivity index (χ0v) is 16.9. The van der Waals surface area contributed by atoms with Crippen molar-refractivity contribution in [2.45, 2.75) is 51.0 Å². The second-order valence-corrected chi connectivity index (χ2v) is 9.45. The molecule has 4 aliphatic rings. The van der Waals surface area contributed by atoms with Gasteiger partial charge in [-0.15, -0.1) is 0 Å². The molecule has 1 atom stereocenters. The van der Waals surface area contributed by atoms with E-state index in [-0.39, 0.29) is 11.3 Å². The maximum Gasteiger partial charge on any atom is 0.328 e. The topological polar surface area (TPSA) is 68.3 Å². The second kappa shape index (κ2) is 7.12. The number of hydrogen-bond acceptors (Lipinski definition) is 4. The number of hydrogen-bond donors (Lipinski definition) is 1. The van der Waals surface area contributed by atoms with E-state index in [2.05, 4.69) is 10.3 Å². The Kier molecular flexibility index (Phi) is 4.56. The molecule has 0 unspecified atom stereocenters. The molecule has 0 saturated heterocycles. The van der Waals surface area contributed by atoms with Gasteiger partial charge in [0.15, 0.2) is 0 Å². The lowest BCUT2D eigenvalue weighted by atomic mass is 9.49. The Labute approximate surface area is 171 Å². The minimum Gasteiger partial charge on any atom is -0.467 e. The Morgan fingerprint density at radius 2 is 1.72 bits per heavy atom. The number of carbonyl (C=O) groups is 2. The molecule has 5 heteroatoms. The van der Waals surface area contributed by atoms with Crippen LogP contribution in [0.3, 0.4) is 0 Å². The molecule has 2 aromatic rings. The molecule has 0 radical (unpaired) electrons. The van der Waals surface area contributed by atoms with Crippen LogP contribution in [0.1, 0.15) is 44.2 Å². The SMILES string of the molecule is COC(=O)[C@@H](Cc1ccc2ccccc2n1)NC(=O)C12CC3CC(CC(C3)C1)C2. The second-order valence-electron chi connectivity index (χ2n) is 9.45. The zero-order valence-electron chi connectivity index (χ0n) is 16.9. The summed E-state index contributed by atoms with van der Waals surface area (Å²) < 4.78 is 5.01. The molecule has 152 valence electrons. The van der Waals surface area contributed by atoms with Crippen LogP contribution in [-0.2, 0) is 20.7 Å². The average molecular weight is 392 g/mol. The molecular formula is C24H28N2O3. The normalized spacial score (nSPS) is 30.9. The van der Waals surface area contributed by atoms with Crippen LogP contribution in [0.15, 0.2) is 36.4 Å². The van der Waals surface area contributed by atoms with Crippen molar-refractivity contribution in [2.75, 3.05) is 7.11 Å². The highest BCUT2D eigenvalue weighted by molar-refractivity contribution is 5.88. The highest BCUT2D eigenvalue weighted by Gasteiger charge is 2.55. The van der Waals surface area contributed by atoms with E-state index in [0.29, 0.717) is 24.2 Å². The first kappa shape index (κ1) is 18.6. The maximum atomic E-state index is 13.4. The number of aromatic nitrogens is 1. The molecular weight excluding hydrogens is 364 g/mol. The molecule has 1 aromatic carbocycles. The van der Waals surface area contributed by atoms with Gasteiger partial charge >= 0.3 is 5.97 Å². The number of ether oxygens (including phenoxy) is 1. The van der Waals surface area contributed by atoms with Crippen molar-refractivity contribution in [3.05, 3.63) is 42.1 Å². The minimum atomic E-state index is -0.700. The molecule has 0 aliphatic heterocycles. The summed E-state index contributed by atoms with van der Waals surface area (Å²) in [5.74, 6) is 1.70. The lowest BCUT2D eigenvalue weighted by Gasteiger charge is -2.55. The van der Waals surface area contributed by atoms with Crippen LogP contribution in [0.2, 0.25) is 0 Å². The van der Waals surface area contributed by atoms with Crippen LogP contribution >= 0.6 is 0 Å². The van der Waals surface area contributed by atoms with Gasteiger partial charge in [-0.05, 0) is 68.4 Å². The summed E-state index contributed by atoms with van der Waals surface area (Å²) in [4.78, 5) is 30.5. The summed E-state index contributed by atoms with van der Waals surface area (Å²) in [7, 11) is 1.38. The summed E-state index contributed by atoms with van der Waals surface area (Å²) in [5, 5.41) is 4.13. The van der Waals surface area contributed by atoms with Gasteiger partial charge in [-0.2, -0.15) is 0 Å². The number of benzene rings is 1. The van der Waals surface area contributed by atoms with Crippen molar-refractivity contribution in [1.82, 2.24) is 10.3 Å². The molecule has 6 rings (SSSR count). The van der Waals surface area contributed by atoms with E-state index in [4.69, 9.17) is 4.74 Å². The Bertz CT molecular complexity index is 919. The van der Waals surface area contributed by atoms with Gasteiger partial charge in [-0.3, -0.25) is 9.78 Å². The first-order chi connectivity index (χ1) is 14.0. The van der Waals surface area contributed by atoms with Crippen molar-refractivity contribution in [2.24, 2.45) is 23.2 Å². The number of para-hydroxylation sites is 1. The van der Waals surface area contributed by atoms with Crippen LogP contribution in [0.25, 0.3) is 10.9 Å². The number of carbonyl (C=O) groups excluding carboxylic acids is 2. The molecule has 1 amide bonds. The molecule has 1 heterocycles. The number of fused-ring (bicyclic) bond motifs is 1. The van der Waals surface area contributed by atoms with Gasteiger partial charge in [-0.25, -0.2) is 4.79 Å². The van der Waals surface area contributed by atoms with Crippen molar-refractivity contribution < 1.29 is 14.3 Å². The summed E-state index contributed by atoms with van der Waals surface area (Å²) in [5.41, 5.74) is 1.39. The van der Waals surface area contributed by atoms with Gasteiger partial charge in [0.2, 0.25) is 5.91 Å². The third kappa shape index (κ3) is 3.41. The molecule has 1 aromatic heterocycles. The largest absolute Gasteiger partial charge is 0.467 e. The van der Waals surface area contributed by atoms with Crippen molar-refractivity contribution in [1.29, 1.82) is 0 Å². The number of nitrogens with zero attached hydrogens (tertiary/aromatic N) is 1. The number of nitrogens with one attached hydrogen (secondary N) is 1. The summed E-state index contributed by atoms with van der Waals surface area (Å²) in [6.07, 6.45) is 7.14. The van der Waals surface area contributed by atoms with E-state index >= 15 is 0 Å². The highest BCUT2D eigenvalue weighted by atomic mass is 16.5. The van der Waals surface area contributed by atoms with Crippen LogP contribution in [-0.4, -0.2) is 30.0 Å². The molecule has 0 spiro atoms.